The molecule has 0 aliphatic carbocycles. The number of hydrogen-bond acceptors (Lipinski definition) is 4. The van der Waals surface area contributed by atoms with Crippen LogP contribution in [0.4, 0.5) is 0 Å². The number of rotatable bonds is 4. The lowest BCUT2D eigenvalue weighted by Crippen LogP contribution is -2.16. The largest absolute Gasteiger partial charge is 0.321 e. The van der Waals surface area contributed by atoms with Crippen LogP contribution < -0.4 is 5.73 Å². The molecule has 1 heterocycles. The predicted molar refractivity (Wildman–Crippen MR) is 50.9 cm³/mol. The van der Waals surface area contributed by atoms with Gasteiger partial charge in [-0.25, -0.2) is 4.98 Å². The topological polar surface area (TPSA) is 56.7 Å². The maximum absolute atomic E-state index is 5.89. The Morgan fingerprint density at radius 3 is 3.00 bits per heavy atom. The van der Waals surface area contributed by atoms with Crippen molar-refractivity contribution in [2.75, 3.05) is 12.0 Å². The molecule has 0 aromatic carbocycles. The van der Waals surface area contributed by atoms with Crippen LogP contribution in [-0.4, -0.2) is 26.8 Å². The fraction of sp³-hybridized carbons (Fsp3) is 0.714. The maximum atomic E-state index is 5.89. The van der Waals surface area contributed by atoms with E-state index in [4.69, 9.17) is 5.73 Å². The first-order valence-corrected chi connectivity index (χ1v) is 5.23. The third-order valence-corrected chi connectivity index (χ3v) is 2.35. The number of thioether (sulfide) groups is 1. The monoisotopic (exact) mass is 186 g/mol. The highest BCUT2D eigenvalue weighted by molar-refractivity contribution is 7.98. The second kappa shape index (κ2) is 4.47. The first-order valence-electron chi connectivity index (χ1n) is 3.84. The third-order valence-electron chi connectivity index (χ3n) is 1.71. The van der Waals surface area contributed by atoms with Crippen LogP contribution in [0.15, 0.2) is 6.33 Å². The molecule has 0 fully saturated rings. The minimum absolute atomic E-state index is 0.0185. The highest BCUT2D eigenvalue weighted by atomic mass is 32.2. The molecule has 68 valence electrons. The van der Waals surface area contributed by atoms with Crippen LogP contribution in [0.3, 0.4) is 0 Å². The quantitative estimate of drug-likeness (QED) is 0.747. The average molecular weight is 186 g/mol. The van der Waals surface area contributed by atoms with Crippen molar-refractivity contribution in [1.82, 2.24) is 14.8 Å². The minimum atomic E-state index is 0.0185. The Kier molecular flexibility index (Phi) is 3.55. The van der Waals surface area contributed by atoms with Gasteiger partial charge in [-0.2, -0.15) is 16.9 Å². The van der Waals surface area contributed by atoms with Gasteiger partial charge >= 0.3 is 0 Å². The summed E-state index contributed by atoms with van der Waals surface area (Å²) >= 11 is 1.80. The van der Waals surface area contributed by atoms with E-state index in [-0.39, 0.29) is 6.04 Å². The van der Waals surface area contributed by atoms with Crippen LogP contribution >= 0.6 is 11.8 Å². The van der Waals surface area contributed by atoms with E-state index < -0.39 is 0 Å². The van der Waals surface area contributed by atoms with Crippen molar-refractivity contribution in [2.24, 2.45) is 12.8 Å². The molecule has 12 heavy (non-hydrogen) atoms. The average Bonchev–Trinajstić information content (AvgIpc) is 2.47. The van der Waals surface area contributed by atoms with E-state index in [9.17, 15) is 0 Å². The predicted octanol–water partition coefficient (Wildman–Crippen LogP) is 0.568. The SMILES string of the molecule is CSCCC(N)c1ncnn1C. The van der Waals surface area contributed by atoms with Crippen LogP contribution in [0.5, 0.6) is 0 Å². The van der Waals surface area contributed by atoms with Gasteiger partial charge in [-0.05, 0) is 18.4 Å². The molecule has 4 nitrogen and oxygen atoms in total. The van der Waals surface area contributed by atoms with E-state index >= 15 is 0 Å². The maximum Gasteiger partial charge on any atom is 0.143 e. The second-order valence-corrected chi connectivity index (χ2v) is 3.62. The normalized spacial score (nSPS) is 13.2. The fourth-order valence-electron chi connectivity index (χ4n) is 1.01. The van der Waals surface area contributed by atoms with Gasteiger partial charge in [-0.3, -0.25) is 4.68 Å². The first-order chi connectivity index (χ1) is 5.75. The van der Waals surface area contributed by atoms with Crippen LogP contribution in [0.25, 0.3) is 0 Å². The highest BCUT2D eigenvalue weighted by Gasteiger charge is 2.10. The zero-order valence-corrected chi connectivity index (χ0v) is 8.21. The molecule has 0 spiro atoms. The molecule has 0 amide bonds. The third kappa shape index (κ3) is 2.22. The van der Waals surface area contributed by atoms with Crippen molar-refractivity contribution >= 4 is 11.8 Å². The van der Waals surface area contributed by atoms with Crippen molar-refractivity contribution in [2.45, 2.75) is 12.5 Å². The van der Waals surface area contributed by atoms with Gasteiger partial charge in [0, 0.05) is 7.05 Å². The lowest BCUT2D eigenvalue weighted by molar-refractivity contribution is 0.593. The van der Waals surface area contributed by atoms with Crippen molar-refractivity contribution in [3.8, 4) is 0 Å². The molecule has 1 aromatic rings. The zero-order valence-electron chi connectivity index (χ0n) is 7.40. The summed E-state index contributed by atoms with van der Waals surface area (Å²) in [6, 6.07) is 0.0185. The molecule has 0 aliphatic heterocycles. The van der Waals surface area contributed by atoms with E-state index in [1.165, 1.54) is 6.33 Å². The van der Waals surface area contributed by atoms with Gasteiger partial charge in [0.05, 0.1) is 6.04 Å². The Bertz CT molecular complexity index is 235. The summed E-state index contributed by atoms with van der Waals surface area (Å²) in [5.41, 5.74) is 5.89. The van der Waals surface area contributed by atoms with Gasteiger partial charge in [-0.1, -0.05) is 0 Å². The molecule has 1 atom stereocenters. The van der Waals surface area contributed by atoms with E-state index in [1.54, 1.807) is 16.4 Å². The Morgan fingerprint density at radius 1 is 1.75 bits per heavy atom. The summed E-state index contributed by atoms with van der Waals surface area (Å²) in [7, 11) is 1.86. The minimum Gasteiger partial charge on any atom is -0.321 e. The van der Waals surface area contributed by atoms with Crippen LogP contribution in [0, 0.1) is 0 Å². The molecular formula is C7H14N4S. The zero-order chi connectivity index (χ0) is 8.97. The summed E-state index contributed by atoms with van der Waals surface area (Å²) in [6.45, 7) is 0. The smallest absolute Gasteiger partial charge is 0.143 e. The van der Waals surface area contributed by atoms with Crippen molar-refractivity contribution in [3.05, 3.63) is 12.2 Å². The molecule has 0 radical (unpaired) electrons. The highest BCUT2D eigenvalue weighted by Crippen LogP contribution is 2.11. The lowest BCUT2D eigenvalue weighted by atomic mass is 10.2. The molecule has 0 aliphatic rings. The Morgan fingerprint density at radius 2 is 2.50 bits per heavy atom. The molecule has 1 rings (SSSR count). The molecular weight excluding hydrogens is 172 g/mol. The van der Waals surface area contributed by atoms with Gasteiger partial charge in [-0.15, -0.1) is 0 Å². The molecule has 2 N–H and O–H groups in total. The Hall–Kier alpha value is -0.550. The van der Waals surface area contributed by atoms with Crippen LogP contribution in [0.2, 0.25) is 0 Å². The summed E-state index contributed by atoms with van der Waals surface area (Å²) in [4.78, 5) is 4.09. The van der Waals surface area contributed by atoms with Gasteiger partial charge in [0.15, 0.2) is 0 Å². The molecule has 5 heteroatoms. The Balaban J connectivity index is 2.52. The molecule has 0 bridgehead atoms. The summed E-state index contributed by atoms with van der Waals surface area (Å²) in [5.74, 6) is 1.93. The summed E-state index contributed by atoms with van der Waals surface area (Å²) in [6.07, 6.45) is 4.56. The van der Waals surface area contributed by atoms with Crippen molar-refractivity contribution < 1.29 is 0 Å². The van der Waals surface area contributed by atoms with E-state index in [0.29, 0.717) is 0 Å². The van der Waals surface area contributed by atoms with Gasteiger partial charge < -0.3 is 5.73 Å². The Labute approximate surface area is 76.5 Å². The van der Waals surface area contributed by atoms with Crippen LogP contribution in [-0.2, 0) is 7.05 Å². The van der Waals surface area contributed by atoms with E-state index in [0.717, 1.165) is 18.0 Å². The summed E-state index contributed by atoms with van der Waals surface area (Å²) in [5, 5.41) is 3.96. The lowest BCUT2D eigenvalue weighted by Gasteiger charge is -2.08. The number of nitrogens with zero attached hydrogens (tertiary/aromatic N) is 3. The molecule has 1 unspecified atom stereocenters. The number of hydrogen-bond donors (Lipinski definition) is 1. The summed E-state index contributed by atoms with van der Waals surface area (Å²) < 4.78 is 1.73. The molecule has 0 saturated heterocycles. The van der Waals surface area contributed by atoms with E-state index in [2.05, 4.69) is 16.3 Å². The molecule has 0 saturated carbocycles. The fourth-order valence-corrected chi connectivity index (χ4v) is 1.50. The van der Waals surface area contributed by atoms with Crippen molar-refractivity contribution in [3.63, 3.8) is 0 Å². The van der Waals surface area contributed by atoms with Crippen molar-refractivity contribution in [1.29, 1.82) is 0 Å². The number of aryl methyl sites for hydroxylation is 1. The first kappa shape index (κ1) is 9.54. The van der Waals surface area contributed by atoms with Gasteiger partial charge in [0.1, 0.15) is 12.2 Å². The van der Waals surface area contributed by atoms with Gasteiger partial charge in [0.2, 0.25) is 0 Å². The van der Waals surface area contributed by atoms with Gasteiger partial charge in [0.25, 0.3) is 0 Å². The number of aromatic nitrogens is 3. The second-order valence-electron chi connectivity index (χ2n) is 2.63. The number of nitrogens with two attached hydrogens (primary N) is 1. The van der Waals surface area contributed by atoms with E-state index in [1.807, 2.05) is 7.05 Å². The van der Waals surface area contributed by atoms with Crippen LogP contribution in [0.1, 0.15) is 18.3 Å². The standard InChI is InChI=1S/C7H14N4S/c1-11-7(9-5-10-11)6(8)3-4-12-2/h5-6H,3-4,8H2,1-2H3. The molecule has 1 aromatic heterocycles.